The molecule has 0 fully saturated rings. The number of benzene rings is 2. The molecule has 0 bridgehead atoms. The second-order valence-corrected chi connectivity index (χ2v) is 5.54. The third kappa shape index (κ3) is 4.06. The van der Waals surface area contributed by atoms with Gasteiger partial charge in [0.1, 0.15) is 22.8 Å². The van der Waals surface area contributed by atoms with Gasteiger partial charge in [-0.3, -0.25) is 0 Å². The summed E-state index contributed by atoms with van der Waals surface area (Å²) in [5.41, 5.74) is 1.13. The van der Waals surface area contributed by atoms with E-state index in [9.17, 15) is 18.3 Å². The van der Waals surface area contributed by atoms with E-state index in [1.54, 1.807) is 18.2 Å². The molecule has 0 radical (unpaired) electrons. The lowest BCUT2D eigenvalue weighted by Gasteiger charge is -2.13. The first-order valence-electron chi connectivity index (χ1n) is 7.58. The van der Waals surface area contributed by atoms with Crippen LogP contribution in [0.25, 0.3) is 22.3 Å². The summed E-state index contributed by atoms with van der Waals surface area (Å²) in [5.74, 6) is -0.167. The van der Waals surface area contributed by atoms with Gasteiger partial charge < -0.3 is 19.4 Å². The molecule has 25 heavy (non-hydrogen) atoms. The number of aromatic hydroxyl groups is 1. The van der Waals surface area contributed by atoms with Crippen LogP contribution >= 0.6 is 0 Å². The van der Waals surface area contributed by atoms with Crippen LogP contribution in [-0.4, -0.2) is 23.2 Å². The van der Waals surface area contributed by atoms with E-state index in [0.717, 1.165) is 0 Å². The number of phenolic OH excluding ortho intramolecular Hbond substituents is 1. The van der Waals surface area contributed by atoms with Crippen molar-refractivity contribution in [2.75, 3.05) is 6.61 Å². The fourth-order valence-corrected chi connectivity index (χ4v) is 2.57. The van der Waals surface area contributed by atoms with Crippen LogP contribution in [0.15, 0.2) is 46.9 Å². The second kappa shape index (κ2) is 6.68. The van der Waals surface area contributed by atoms with Crippen LogP contribution in [0.1, 0.15) is 12.0 Å². The number of ether oxygens (including phenoxy) is 1. The normalized spacial score (nSPS) is 11.8. The van der Waals surface area contributed by atoms with Crippen LogP contribution in [0.4, 0.5) is 13.2 Å². The number of hydrogen-bond acceptors (Lipinski definition) is 4. The van der Waals surface area contributed by atoms with Gasteiger partial charge in [0.15, 0.2) is 0 Å². The van der Waals surface area contributed by atoms with Crippen LogP contribution in [0, 0.1) is 0 Å². The molecule has 0 aliphatic carbocycles. The van der Waals surface area contributed by atoms with E-state index in [4.69, 9.17) is 9.52 Å². The molecule has 7 heteroatoms. The van der Waals surface area contributed by atoms with Gasteiger partial charge in [-0.05, 0) is 48.7 Å². The molecule has 2 N–H and O–H groups in total. The first-order valence-corrected chi connectivity index (χ1v) is 7.58. The van der Waals surface area contributed by atoms with Crippen LogP contribution in [0.3, 0.4) is 0 Å². The molecule has 4 nitrogen and oxygen atoms in total. The maximum atomic E-state index is 12.8. The van der Waals surface area contributed by atoms with Crippen molar-refractivity contribution in [1.29, 1.82) is 0 Å². The first-order chi connectivity index (χ1) is 11.9. The standard InChI is InChI=1S/C18H15F3O4/c19-18(20,21)25-17-8-11(2-1-7-22)3-6-14(17)16-9-12-4-5-13(23)10-15(12)24-16/h3-6,8-10,22-23H,1-2,7H2. The minimum atomic E-state index is -4.84. The van der Waals surface area contributed by atoms with Crippen molar-refractivity contribution in [1.82, 2.24) is 0 Å². The highest BCUT2D eigenvalue weighted by Gasteiger charge is 2.32. The molecule has 0 amide bonds. The number of aliphatic hydroxyl groups excluding tert-OH is 1. The number of fused-ring (bicyclic) bond motifs is 1. The lowest BCUT2D eigenvalue weighted by Crippen LogP contribution is -2.17. The molecular weight excluding hydrogens is 337 g/mol. The summed E-state index contributed by atoms with van der Waals surface area (Å²) < 4.78 is 48.0. The minimum Gasteiger partial charge on any atom is -0.508 e. The van der Waals surface area contributed by atoms with Crippen LogP contribution < -0.4 is 4.74 Å². The molecule has 1 heterocycles. The van der Waals surface area contributed by atoms with Gasteiger partial charge >= 0.3 is 6.36 Å². The van der Waals surface area contributed by atoms with Crippen molar-refractivity contribution in [2.45, 2.75) is 19.2 Å². The Hall–Kier alpha value is -2.67. The summed E-state index contributed by atoms with van der Waals surface area (Å²) in [6.07, 6.45) is -3.97. The highest BCUT2D eigenvalue weighted by atomic mass is 19.4. The van der Waals surface area contributed by atoms with Crippen molar-refractivity contribution in [3.8, 4) is 22.8 Å². The third-order valence-corrected chi connectivity index (χ3v) is 3.66. The molecule has 0 aliphatic heterocycles. The van der Waals surface area contributed by atoms with Gasteiger partial charge in [0, 0.05) is 18.1 Å². The first kappa shape index (κ1) is 17.2. The lowest BCUT2D eigenvalue weighted by atomic mass is 10.0. The number of rotatable bonds is 5. The van der Waals surface area contributed by atoms with Gasteiger partial charge in [0.05, 0.1) is 5.56 Å². The molecule has 1 aromatic heterocycles. The zero-order chi connectivity index (χ0) is 18.0. The zero-order valence-electron chi connectivity index (χ0n) is 13.0. The molecular formula is C18H15F3O4. The molecule has 3 rings (SSSR count). The van der Waals surface area contributed by atoms with E-state index in [-0.39, 0.29) is 29.4 Å². The average molecular weight is 352 g/mol. The lowest BCUT2D eigenvalue weighted by molar-refractivity contribution is -0.274. The van der Waals surface area contributed by atoms with E-state index < -0.39 is 6.36 Å². The number of furan rings is 1. The SMILES string of the molecule is OCCCc1ccc(-c2cc3ccc(O)cc3o2)c(OC(F)(F)F)c1. The fraction of sp³-hybridized carbons (Fsp3) is 0.222. The van der Waals surface area contributed by atoms with Crippen LogP contribution in [0.5, 0.6) is 11.5 Å². The van der Waals surface area contributed by atoms with Crippen molar-refractivity contribution >= 4 is 11.0 Å². The smallest absolute Gasteiger partial charge is 0.508 e. The zero-order valence-corrected chi connectivity index (χ0v) is 13.0. The van der Waals surface area contributed by atoms with Crippen LogP contribution in [0.2, 0.25) is 0 Å². The monoisotopic (exact) mass is 352 g/mol. The summed E-state index contributed by atoms with van der Waals surface area (Å²) in [5, 5.41) is 19.0. The number of hydrogen-bond donors (Lipinski definition) is 2. The van der Waals surface area contributed by atoms with E-state index in [1.165, 1.54) is 24.3 Å². The van der Waals surface area contributed by atoms with E-state index in [1.807, 2.05) is 0 Å². The Bertz CT molecular complexity index is 884. The topological polar surface area (TPSA) is 62.8 Å². The predicted molar refractivity (Wildman–Crippen MR) is 85.4 cm³/mol. The van der Waals surface area contributed by atoms with E-state index >= 15 is 0 Å². The van der Waals surface area contributed by atoms with Crippen molar-refractivity contribution in [3.63, 3.8) is 0 Å². The Morgan fingerprint density at radius 2 is 1.84 bits per heavy atom. The molecule has 0 saturated heterocycles. The maximum Gasteiger partial charge on any atom is 0.573 e. The summed E-state index contributed by atoms with van der Waals surface area (Å²) in [7, 11) is 0. The Balaban J connectivity index is 2.05. The average Bonchev–Trinajstić information content (AvgIpc) is 2.94. The summed E-state index contributed by atoms with van der Waals surface area (Å²) in [6, 6.07) is 10.5. The fourth-order valence-electron chi connectivity index (χ4n) is 2.57. The van der Waals surface area contributed by atoms with Gasteiger partial charge in [-0.15, -0.1) is 13.2 Å². The number of halogens is 3. The third-order valence-electron chi connectivity index (χ3n) is 3.66. The Morgan fingerprint density at radius 3 is 2.56 bits per heavy atom. The molecule has 0 unspecified atom stereocenters. The van der Waals surface area contributed by atoms with Crippen molar-refractivity contribution in [3.05, 3.63) is 48.0 Å². The molecule has 3 aromatic rings. The highest BCUT2D eigenvalue weighted by Crippen LogP contribution is 2.38. The molecule has 0 saturated carbocycles. The largest absolute Gasteiger partial charge is 0.573 e. The number of alkyl halides is 3. The molecule has 2 aromatic carbocycles. The van der Waals surface area contributed by atoms with Crippen molar-refractivity contribution < 1.29 is 32.5 Å². The van der Waals surface area contributed by atoms with Gasteiger partial charge in [-0.25, -0.2) is 0 Å². The Morgan fingerprint density at radius 1 is 1.04 bits per heavy atom. The Labute approximate surface area is 141 Å². The highest BCUT2D eigenvalue weighted by molar-refractivity contribution is 5.85. The van der Waals surface area contributed by atoms with E-state index in [2.05, 4.69) is 4.74 Å². The van der Waals surface area contributed by atoms with Gasteiger partial charge in [-0.2, -0.15) is 0 Å². The van der Waals surface area contributed by atoms with E-state index in [0.29, 0.717) is 29.4 Å². The molecule has 0 spiro atoms. The van der Waals surface area contributed by atoms with Crippen LogP contribution in [-0.2, 0) is 6.42 Å². The quantitative estimate of drug-likeness (QED) is 0.703. The predicted octanol–water partition coefficient (Wildman–Crippen LogP) is 4.63. The van der Waals surface area contributed by atoms with Gasteiger partial charge in [-0.1, -0.05) is 6.07 Å². The summed E-state index contributed by atoms with van der Waals surface area (Å²) in [4.78, 5) is 0. The number of aliphatic hydroxyl groups is 1. The second-order valence-electron chi connectivity index (χ2n) is 5.54. The number of aryl methyl sites for hydroxylation is 1. The van der Waals surface area contributed by atoms with Gasteiger partial charge in [0.25, 0.3) is 0 Å². The molecule has 0 aliphatic rings. The Kier molecular flexibility index (Phi) is 4.59. The number of phenols is 1. The molecule has 132 valence electrons. The minimum absolute atomic E-state index is 0.000448. The maximum absolute atomic E-state index is 12.8. The molecule has 0 atom stereocenters. The van der Waals surface area contributed by atoms with Gasteiger partial charge in [0.2, 0.25) is 0 Å². The summed E-state index contributed by atoms with van der Waals surface area (Å²) in [6.45, 7) is -0.0513. The van der Waals surface area contributed by atoms with Crippen molar-refractivity contribution in [2.24, 2.45) is 0 Å². The summed E-state index contributed by atoms with van der Waals surface area (Å²) >= 11 is 0.